The van der Waals surface area contributed by atoms with E-state index in [4.69, 9.17) is 15.2 Å². The quantitative estimate of drug-likeness (QED) is 0.602. The van der Waals surface area contributed by atoms with Crippen LogP contribution in [0.5, 0.6) is 0 Å². The zero-order valence-electron chi connectivity index (χ0n) is 17.8. The first kappa shape index (κ1) is 21.2. The van der Waals surface area contributed by atoms with Gasteiger partial charge in [0, 0.05) is 18.3 Å². The summed E-state index contributed by atoms with van der Waals surface area (Å²) in [6.45, 7) is 4.10. The van der Waals surface area contributed by atoms with Gasteiger partial charge in [0.2, 0.25) is 5.88 Å². The van der Waals surface area contributed by atoms with Crippen LogP contribution in [0.2, 0.25) is 0 Å². The highest BCUT2D eigenvalue weighted by molar-refractivity contribution is 5.93. The van der Waals surface area contributed by atoms with Crippen LogP contribution in [0.15, 0.2) is 77.5 Å². The molecule has 7 heteroatoms. The van der Waals surface area contributed by atoms with E-state index in [0.29, 0.717) is 12.3 Å². The van der Waals surface area contributed by atoms with Crippen molar-refractivity contribution in [1.82, 2.24) is 4.57 Å². The number of nitrogens with two attached hydrogens (primary N) is 1. The predicted molar refractivity (Wildman–Crippen MR) is 117 cm³/mol. The number of rotatable bonds is 5. The molecule has 0 spiro atoms. The second-order valence-electron chi connectivity index (χ2n) is 7.50. The molecule has 1 aromatic heterocycles. The number of ether oxygens (including phenoxy) is 2. The molecule has 6 nitrogen and oxygen atoms in total. The predicted octanol–water partition coefficient (Wildman–Crippen LogP) is 4.47. The topological polar surface area (TPSA) is 90.3 Å². The maximum Gasteiger partial charge on any atom is 0.338 e. The van der Waals surface area contributed by atoms with Crippen molar-refractivity contribution < 1.29 is 18.7 Å². The number of nitrogens with zero attached hydrogens (tertiary/aromatic N) is 2. The van der Waals surface area contributed by atoms with Crippen LogP contribution in [-0.2, 0) is 20.8 Å². The van der Waals surface area contributed by atoms with Gasteiger partial charge in [-0.25, -0.2) is 9.18 Å². The molecule has 0 fully saturated rings. The zero-order valence-corrected chi connectivity index (χ0v) is 17.8. The summed E-state index contributed by atoms with van der Waals surface area (Å²) in [5.41, 5.74) is 9.00. The molecular formula is C25H22FN3O3. The lowest BCUT2D eigenvalue weighted by Gasteiger charge is -2.27. The lowest BCUT2D eigenvalue weighted by Crippen LogP contribution is -2.25. The number of benzene rings is 2. The van der Waals surface area contributed by atoms with Crippen LogP contribution in [0.25, 0.3) is 10.9 Å². The molecule has 0 radical (unpaired) electrons. The van der Waals surface area contributed by atoms with Gasteiger partial charge in [0.1, 0.15) is 23.2 Å². The third-order valence-electron chi connectivity index (χ3n) is 5.50. The number of hydrogen-bond acceptors (Lipinski definition) is 5. The van der Waals surface area contributed by atoms with Crippen molar-refractivity contribution in [1.29, 1.82) is 5.26 Å². The van der Waals surface area contributed by atoms with Crippen LogP contribution in [0.4, 0.5) is 4.39 Å². The number of esters is 1. The summed E-state index contributed by atoms with van der Waals surface area (Å²) in [5, 5.41) is 10.8. The largest absolute Gasteiger partial charge is 0.463 e. The molecule has 1 atom stereocenters. The monoisotopic (exact) mass is 431 g/mol. The van der Waals surface area contributed by atoms with Crippen molar-refractivity contribution in [3.63, 3.8) is 0 Å². The summed E-state index contributed by atoms with van der Waals surface area (Å²) in [4.78, 5) is 12.7. The molecule has 1 aliphatic heterocycles. The lowest BCUT2D eigenvalue weighted by molar-refractivity contribution is -0.139. The van der Waals surface area contributed by atoms with Crippen molar-refractivity contribution in [2.75, 3.05) is 6.61 Å². The number of hydrogen-bond donors (Lipinski definition) is 1. The fourth-order valence-electron chi connectivity index (χ4n) is 3.99. The molecule has 32 heavy (non-hydrogen) atoms. The Bertz CT molecular complexity index is 1300. The van der Waals surface area contributed by atoms with E-state index in [0.717, 1.165) is 22.0 Å². The van der Waals surface area contributed by atoms with E-state index >= 15 is 0 Å². The minimum Gasteiger partial charge on any atom is -0.463 e. The molecule has 162 valence electrons. The van der Waals surface area contributed by atoms with E-state index in [-0.39, 0.29) is 29.5 Å². The van der Waals surface area contributed by atoms with Crippen LogP contribution >= 0.6 is 0 Å². The van der Waals surface area contributed by atoms with Gasteiger partial charge in [0.15, 0.2) is 0 Å². The summed E-state index contributed by atoms with van der Waals surface area (Å²) in [7, 11) is 0. The van der Waals surface area contributed by atoms with Gasteiger partial charge in [-0.2, -0.15) is 5.26 Å². The number of nitriles is 1. The van der Waals surface area contributed by atoms with E-state index in [1.54, 1.807) is 26.0 Å². The minimum absolute atomic E-state index is 0.0233. The Kier molecular flexibility index (Phi) is 5.69. The maximum atomic E-state index is 13.3. The van der Waals surface area contributed by atoms with E-state index < -0.39 is 11.9 Å². The normalized spacial score (nSPS) is 16.1. The van der Waals surface area contributed by atoms with E-state index in [1.807, 2.05) is 35.0 Å². The third-order valence-corrected chi connectivity index (χ3v) is 5.50. The minimum atomic E-state index is -0.702. The summed E-state index contributed by atoms with van der Waals surface area (Å²) in [6, 6.07) is 16.2. The average Bonchev–Trinajstić information content (AvgIpc) is 3.17. The first-order chi connectivity index (χ1) is 15.4. The van der Waals surface area contributed by atoms with Gasteiger partial charge in [0.25, 0.3) is 0 Å². The number of carbonyl (C=O) groups excluding carboxylic acids is 1. The first-order valence-electron chi connectivity index (χ1n) is 10.2. The van der Waals surface area contributed by atoms with Crippen molar-refractivity contribution in [3.8, 4) is 6.07 Å². The molecule has 0 saturated heterocycles. The second-order valence-corrected chi connectivity index (χ2v) is 7.50. The van der Waals surface area contributed by atoms with Crippen LogP contribution in [-0.4, -0.2) is 17.1 Å². The number of aromatic nitrogens is 1. The highest BCUT2D eigenvalue weighted by Crippen LogP contribution is 2.40. The molecular weight excluding hydrogens is 409 g/mol. The highest BCUT2D eigenvalue weighted by Gasteiger charge is 2.36. The average molecular weight is 431 g/mol. The summed E-state index contributed by atoms with van der Waals surface area (Å²) < 4.78 is 26.0. The van der Waals surface area contributed by atoms with Gasteiger partial charge in [-0.15, -0.1) is 0 Å². The van der Waals surface area contributed by atoms with E-state index in [1.165, 1.54) is 12.1 Å². The molecule has 3 aromatic rings. The fourth-order valence-corrected chi connectivity index (χ4v) is 3.99. The highest BCUT2D eigenvalue weighted by atomic mass is 19.1. The summed E-state index contributed by atoms with van der Waals surface area (Å²) in [6.07, 6.45) is 1.95. The molecule has 0 amide bonds. The van der Waals surface area contributed by atoms with Gasteiger partial charge in [-0.05, 0) is 54.6 Å². The standard InChI is InChI=1S/C25H22FN3O3/c1-3-31-25(30)22-15(2)32-24(28)20(13-27)23(22)18-7-6-17-10-11-29(21(17)12-18)14-16-4-8-19(26)9-5-16/h4-12,23H,3,14,28H2,1-2H3. The number of carbonyl (C=O) groups is 1. The number of fused-ring (bicyclic) bond motifs is 1. The van der Waals surface area contributed by atoms with Gasteiger partial charge in [-0.3, -0.25) is 0 Å². The molecule has 4 rings (SSSR count). The Labute approximate surface area is 185 Å². The fraction of sp³-hybridized carbons (Fsp3) is 0.200. The van der Waals surface area contributed by atoms with Crippen LogP contribution in [0.3, 0.4) is 0 Å². The summed E-state index contributed by atoms with van der Waals surface area (Å²) >= 11 is 0. The molecule has 1 unspecified atom stereocenters. The lowest BCUT2D eigenvalue weighted by atomic mass is 9.83. The van der Waals surface area contributed by atoms with E-state index in [2.05, 4.69) is 6.07 Å². The number of halogens is 1. The maximum absolute atomic E-state index is 13.3. The Hall–Kier alpha value is -4.05. The second kappa shape index (κ2) is 8.60. The van der Waals surface area contributed by atoms with Gasteiger partial charge >= 0.3 is 5.97 Å². The number of allylic oxidation sites excluding steroid dienone is 2. The molecule has 1 aliphatic rings. The Morgan fingerprint density at radius 3 is 2.69 bits per heavy atom. The van der Waals surface area contributed by atoms with Crippen molar-refractivity contribution in [3.05, 3.63) is 94.5 Å². The van der Waals surface area contributed by atoms with E-state index in [9.17, 15) is 14.4 Å². The van der Waals surface area contributed by atoms with Crippen LogP contribution < -0.4 is 5.73 Å². The molecule has 0 saturated carbocycles. The van der Waals surface area contributed by atoms with Crippen molar-refractivity contribution >= 4 is 16.9 Å². The molecule has 2 aromatic carbocycles. The Morgan fingerprint density at radius 1 is 1.25 bits per heavy atom. The van der Waals surface area contributed by atoms with Gasteiger partial charge in [0.05, 0.1) is 18.1 Å². The molecule has 0 bridgehead atoms. The molecule has 0 aliphatic carbocycles. The van der Waals surface area contributed by atoms with Crippen LogP contribution in [0.1, 0.15) is 30.9 Å². The van der Waals surface area contributed by atoms with Crippen molar-refractivity contribution in [2.45, 2.75) is 26.3 Å². The van der Waals surface area contributed by atoms with Crippen LogP contribution in [0, 0.1) is 17.1 Å². The summed E-state index contributed by atoms with van der Waals surface area (Å²) in [5.74, 6) is -1.24. The Morgan fingerprint density at radius 2 is 2.00 bits per heavy atom. The van der Waals surface area contributed by atoms with Gasteiger partial charge in [-0.1, -0.05) is 24.3 Å². The van der Waals surface area contributed by atoms with Gasteiger partial charge < -0.3 is 19.8 Å². The molecule has 2 N–H and O–H groups in total. The van der Waals surface area contributed by atoms with Crippen molar-refractivity contribution in [2.24, 2.45) is 5.73 Å². The first-order valence-corrected chi connectivity index (χ1v) is 10.2. The third kappa shape index (κ3) is 3.83. The zero-order chi connectivity index (χ0) is 22.8. The molecule has 2 heterocycles. The SMILES string of the molecule is CCOC(=O)C1=C(C)OC(N)=C(C#N)C1c1ccc2ccn(Cc3ccc(F)cc3)c2c1. The smallest absolute Gasteiger partial charge is 0.338 e. The Balaban J connectivity index is 1.81.